The van der Waals surface area contributed by atoms with Gasteiger partial charge in [-0.3, -0.25) is 14.5 Å². The van der Waals surface area contributed by atoms with Crippen LogP contribution in [0.15, 0.2) is 66.0 Å². The Hall–Kier alpha value is -3.00. The molecule has 0 spiro atoms. The fourth-order valence-electron chi connectivity index (χ4n) is 5.21. The molecule has 1 saturated heterocycles. The Labute approximate surface area is 211 Å². The summed E-state index contributed by atoms with van der Waals surface area (Å²) in [6, 6.07) is 19.3. The predicted molar refractivity (Wildman–Crippen MR) is 141 cm³/mol. The van der Waals surface area contributed by atoms with E-state index in [1.165, 1.54) is 5.56 Å². The summed E-state index contributed by atoms with van der Waals surface area (Å²) in [4.78, 5) is 34.4. The van der Waals surface area contributed by atoms with Gasteiger partial charge in [0.15, 0.2) is 0 Å². The van der Waals surface area contributed by atoms with Gasteiger partial charge in [0, 0.05) is 55.9 Å². The Balaban J connectivity index is 1.33. The summed E-state index contributed by atoms with van der Waals surface area (Å²) < 4.78 is 0. The molecule has 0 aliphatic carbocycles. The number of likely N-dealkylation sites (N-methyl/N-ethyl adjacent to an activating group) is 2. The summed E-state index contributed by atoms with van der Waals surface area (Å²) in [6.45, 7) is 8.67. The van der Waals surface area contributed by atoms with E-state index in [0.717, 1.165) is 55.4 Å². The van der Waals surface area contributed by atoms with Gasteiger partial charge in [-0.1, -0.05) is 43.3 Å². The van der Waals surface area contributed by atoms with Crippen LogP contribution < -0.4 is 5.32 Å². The van der Waals surface area contributed by atoms with E-state index in [-0.39, 0.29) is 17.9 Å². The van der Waals surface area contributed by atoms with Crippen molar-refractivity contribution in [3.63, 3.8) is 0 Å². The summed E-state index contributed by atoms with van der Waals surface area (Å²) in [6.07, 6.45) is 0. The third-order valence-corrected chi connectivity index (χ3v) is 8.18. The third-order valence-electron chi connectivity index (χ3n) is 7.24. The van der Waals surface area contributed by atoms with Crippen molar-refractivity contribution in [1.82, 2.24) is 14.7 Å². The zero-order chi connectivity index (χ0) is 24.4. The van der Waals surface area contributed by atoms with Gasteiger partial charge in [-0.15, -0.1) is 11.3 Å². The van der Waals surface area contributed by atoms with Gasteiger partial charge in [0.25, 0.3) is 5.91 Å². The lowest BCUT2D eigenvalue weighted by atomic mass is 9.81. The standard InChI is InChI=1S/C28H32N4O2S/c1-3-31-14-16-32(17-15-31)19-20-10-12-21(13-11-20)29-27(33)25-22-7-4-5-8-23(22)28(34)30(2)26(25)24-9-6-18-35-24/h4-13,18,25-26H,3,14-17,19H2,1-2H3,(H,29,33). The molecule has 5 rings (SSSR count). The average Bonchev–Trinajstić information content (AvgIpc) is 3.42. The van der Waals surface area contributed by atoms with E-state index in [9.17, 15) is 9.59 Å². The number of nitrogens with one attached hydrogen (secondary N) is 1. The number of anilines is 1. The average molecular weight is 489 g/mol. The van der Waals surface area contributed by atoms with Crippen LogP contribution in [-0.2, 0) is 11.3 Å². The second-order valence-corrected chi connectivity index (χ2v) is 10.3. The van der Waals surface area contributed by atoms with Crippen LogP contribution in [0.3, 0.4) is 0 Å². The maximum atomic E-state index is 13.7. The summed E-state index contributed by atoms with van der Waals surface area (Å²) in [5.41, 5.74) is 3.41. The minimum atomic E-state index is -0.484. The van der Waals surface area contributed by atoms with Crippen LogP contribution in [0.25, 0.3) is 0 Å². The van der Waals surface area contributed by atoms with Crippen molar-refractivity contribution in [2.45, 2.75) is 25.4 Å². The van der Waals surface area contributed by atoms with E-state index in [0.29, 0.717) is 5.56 Å². The van der Waals surface area contributed by atoms with Crippen LogP contribution in [0.2, 0.25) is 0 Å². The molecular formula is C28H32N4O2S. The van der Waals surface area contributed by atoms with Gasteiger partial charge in [-0.25, -0.2) is 0 Å². The Morgan fingerprint density at radius 1 is 0.971 bits per heavy atom. The van der Waals surface area contributed by atoms with Crippen molar-refractivity contribution in [2.24, 2.45) is 0 Å². The van der Waals surface area contributed by atoms with Gasteiger partial charge in [-0.05, 0) is 47.3 Å². The van der Waals surface area contributed by atoms with E-state index in [4.69, 9.17) is 0 Å². The number of piperazine rings is 1. The van der Waals surface area contributed by atoms with E-state index < -0.39 is 5.92 Å². The van der Waals surface area contributed by atoms with Crippen molar-refractivity contribution < 1.29 is 9.59 Å². The van der Waals surface area contributed by atoms with Gasteiger partial charge < -0.3 is 15.1 Å². The molecule has 2 aliphatic heterocycles. The Bertz CT molecular complexity index is 1170. The minimum Gasteiger partial charge on any atom is -0.333 e. The van der Waals surface area contributed by atoms with Crippen molar-refractivity contribution in [3.05, 3.63) is 87.6 Å². The Kier molecular flexibility index (Phi) is 7.00. The lowest BCUT2D eigenvalue weighted by Gasteiger charge is -2.39. The van der Waals surface area contributed by atoms with Gasteiger partial charge >= 0.3 is 0 Å². The van der Waals surface area contributed by atoms with Gasteiger partial charge in [0.05, 0.1) is 12.0 Å². The number of nitrogens with zero attached hydrogens (tertiary/aromatic N) is 3. The number of carbonyl (C=O) groups excluding carboxylic acids is 2. The molecule has 35 heavy (non-hydrogen) atoms. The number of fused-ring (bicyclic) bond motifs is 1. The lowest BCUT2D eigenvalue weighted by Crippen LogP contribution is -2.45. The smallest absolute Gasteiger partial charge is 0.254 e. The van der Waals surface area contributed by atoms with E-state index in [1.54, 1.807) is 23.3 Å². The van der Waals surface area contributed by atoms with Crippen LogP contribution in [0.1, 0.15) is 45.2 Å². The van der Waals surface area contributed by atoms with Crippen LogP contribution >= 0.6 is 11.3 Å². The molecule has 2 aromatic carbocycles. The Morgan fingerprint density at radius 3 is 2.37 bits per heavy atom. The molecule has 2 amide bonds. The largest absolute Gasteiger partial charge is 0.333 e. The van der Waals surface area contributed by atoms with Crippen LogP contribution in [0.4, 0.5) is 5.69 Å². The highest BCUT2D eigenvalue weighted by atomic mass is 32.1. The number of carbonyl (C=O) groups is 2. The van der Waals surface area contributed by atoms with Crippen LogP contribution in [0, 0.1) is 0 Å². The first-order chi connectivity index (χ1) is 17.0. The second kappa shape index (κ2) is 10.3. The number of hydrogen-bond donors (Lipinski definition) is 1. The first-order valence-corrected chi connectivity index (χ1v) is 13.2. The summed E-state index contributed by atoms with van der Waals surface area (Å²) in [5.74, 6) is -0.632. The monoisotopic (exact) mass is 488 g/mol. The van der Waals surface area contributed by atoms with Crippen molar-refractivity contribution in [1.29, 1.82) is 0 Å². The first kappa shape index (κ1) is 23.7. The highest BCUT2D eigenvalue weighted by molar-refractivity contribution is 7.10. The first-order valence-electron chi connectivity index (χ1n) is 12.3. The number of thiophene rings is 1. The predicted octanol–water partition coefficient (Wildman–Crippen LogP) is 4.43. The maximum Gasteiger partial charge on any atom is 0.254 e. The van der Waals surface area contributed by atoms with Gasteiger partial charge in [0.1, 0.15) is 0 Å². The van der Waals surface area contributed by atoms with Crippen molar-refractivity contribution in [2.75, 3.05) is 45.1 Å². The minimum absolute atomic E-state index is 0.0489. The van der Waals surface area contributed by atoms with E-state index in [1.807, 2.05) is 53.9 Å². The van der Waals surface area contributed by atoms with Crippen LogP contribution in [0.5, 0.6) is 0 Å². The van der Waals surface area contributed by atoms with Crippen LogP contribution in [-0.4, -0.2) is 66.3 Å². The summed E-state index contributed by atoms with van der Waals surface area (Å²) >= 11 is 1.58. The molecule has 2 unspecified atom stereocenters. The quantitative estimate of drug-likeness (QED) is 0.558. The van der Waals surface area contributed by atoms with Gasteiger partial charge in [0.2, 0.25) is 5.91 Å². The highest BCUT2D eigenvalue weighted by Crippen LogP contribution is 2.43. The normalized spacial score (nSPS) is 21.1. The lowest BCUT2D eigenvalue weighted by molar-refractivity contribution is -0.119. The molecule has 1 N–H and O–H groups in total. The molecule has 6 nitrogen and oxygen atoms in total. The molecule has 0 saturated carbocycles. The Morgan fingerprint density at radius 2 is 1.69 bits per heavy atom. The van der Waals surface area contributed by atoms with Gasteiger partial charge in [-0.2, -0.15) is 0 Å². The fourth-order valence-corrected chi connectivity index (χ4v) is 6.11. The number of hydrogen-bond acceptors (Lipinski definition) is 5. The molecule has 182 valence electrons. The van der Waals surface area contributed by atoms with E-state index >= 15 is 0 Å². The highest BCUT2D eigenvalue weighted by Gasteiger charge is 2.43. The molecule has 2 aliphatic rings. The maximum absolute atomic E-state index is 13.7. The van der Waals surface area contributed by atoms with E-state index in [2.05, 4.69) is 34.2 Å². The molecule has 1 aromatic heterocycles. The zero-order valence-electron chi connectivity index (χ0n) is 20.3. The van der Waals surface area contributed by atoms with Crippen molar-refractivity contribution >= 4 is 28.8 Å². The van der Waals surface area contributed by atoms with Crippen molar-refractivity contribution in [3.8, 4) is 0 Å². The molecular weight excluding hydrogens is 456 g/mol. The molecule has 3 heterocycles. The number of amides is 2. The topological polar surface area (TPSA) is 55.9 Å². The molecule has 0 bridgehead atoms. The second-order valence-electron chi connectivity index (χ2n) is 9.34. The molecule has 2 atom stereocenters. The molecule has 7 heteroatoms. The third kappa shape index (κ3) is 4.89. The summed E-state index contributed by atoms with van der Waals surface area (Å²) in [7, 11) is 1.79. The number of benzene rings is 2. The molecule has 3 aromatic rings. The zero-order valence-corrected chi connectivity index (χ0v) is 21.1. The number of rotatable bonds is 6. The molecule has 0 radical (unpaired) electrons. The SMILES string of the molecule is CCN1CCN(Cc2ccc(NC(=O)C3c4ccccc4C(=O)N(C)C3c3cccs3)cc2)CC1. The fraction of sp³-hybridized carbons (Fsp3) is 0.357. The molecule has 1 fully saturated rings. The summed E-state index contributed by atoms with van der Waals surface area (Å²) in [5, 5.41) is 5.12.